The smallest absolute Gasteiger partial charge is 0.410 e. The largest absolute Gasteiger partial charge is 0.444 e. The maximum atomic E-state index is 12.8. The van der Waals surface area contributed by atoms with Gasteiger partial charge in [0.15, 0.2) is 11.5 Å². The van der Waals surface area contributed by atoms with Crippen LogP contribution in [0.2, 0.25) is 0 Å². The van der Waals surface area contributed by atoms with Crippen molar-refractivity contribution in [3.8, 4) is 0 Å². The van der Waals surface area contributed by atoms with E-state index in [1.807, 2.05) is 60.5 Å². The van der Waals surface area contributed by atoms with Crippen molar-refractivity contribution in [2.45, 2.75) is 45.0 Å². The Kier molecular flexibility index (Phi) is 7.76. The number of amides is 1. The number of rotatable bonds is 7. The van der Waals surface area contributed by atoms with Gasteiger partial charge >= 0.3 is 6.09 Å². The van der Waals surface area contributed by atoms with E-state index in [9.17, 15) is 4.79 Å². The first-order valence-electron chi connectivity index (χ1n) is 14.4. The highest BCUT2D eigenvalue weighted by Crippen LogP contribution is 2.37. The molecule has 0 saturated carbocycles. The predicted octanol–water partition coefficient (Wildman–Crippen LogP) is 3.93. The topological polar surface area (TPSA) is 133 Å². The summed E-state index contributed by atoms with van der Waals surface area (Å²) in [6.07, 6.45) is 4.84. The number of aromatic nitrogens is 7. The molecule has 1 fully saturated rings. The van der Waals surface area contributed by atoms with Crippen LogP contribution in [0.15, 0.2) is 79.5 Å². The summed E-state index contributed by atoms with van der Waals surface area (Å²) in [6, 6.07) is 20.6. The van der Waals surface area contributed by atoms with Crippen molar-refractivity contribution in [1.29, 1.82) is 0 Å². The molecular weight excluding hydrogens is 544 g/mol. The highest BCUT2D eigenvalue weighted by molar-refractivity contribution is 5.81. The number of anilines is 1. The third-order valence-corrected chi connectivity index (χ3v) is 7.55. The normalized spacial score (nSPS) is 15.8. The van der Waals surface area contributed by atoms with E-state index in [2.05, 4.69) is 66.6 Å². The van der Waals surface area contributed by atoms with Crippen LogP contribution in [0.1, 0.15) is 49.7 Å². The van der Waals surface area contributed by atoms with E-state index >= 15 is 0 Å². The average molecular weight is 581 g/mol. The molecule has 0 bridgehead atoms. The van der Waals surface area contributed by atoms with Crippen molar-refractivity contribution in [1.82, 2.24) is 44.3 Å². The van der Waals surface area contributed by atoms with Crippen LogP contribution in [0.5, 0.6) is 0 Å². The molecule has 1 aliphatic heterocycles. The fourth-order valence-corrected chi connectivity index (χ4v) is 5.59. The second-order valence-corrected chi connectivity index (χ2v) is 11.7. The predicted molar refractivity (Wildman–Crippen MR) is 162 cm³/mol. The van der Waals surface area contributed by atoms with E-state index in [4.69, 9.17) is 10.5 Å². The SMILES string of the molecule is CC(C)(C)OC(=O)N1CCN([C@@H](c2ccccc2)[C@@H](c2ccccc2)n2cc(Cn3cnc4c(N)ncnc43)nn2)CC1. The van der Waals surface area contributed by atoms with Crippen LogP contribution in [-0.2, 0) is 11.3 Å². The van der Waals surface area contributed by atoms with Gasteiger partial charge in [-0.15, -0.1) is 5.10 Å². The van der Waals surface area contributed by atoms with Crippen LogP contribution < -0.4 is 5.73 Å². The molecule has 0 aliphatic carbocycles. The number of imidazole rings is 1. The minimum atomic E-state index is -0.535. The number of nitrogen functional groups attached to an aromatic ring is 1. The summed E-state index contributed by atoms with van der Waals surface area (Å²) >= 11 is 0. The number of nitrogens with two attached hydrogens (primary N) is 1. The minimum Gasteiger partial charge on any atom is -0.444 e. The first-order valence-corrected chi connectivity index (χ1v) is 14.4. The van der Waals surface area contributed by atoms with Crippen molar-refractivity contribution in [2.75, 3.05) is 31.9 Å². The molecule has 6 rings (SSSR count). The van der Waals surface area contributed by atoms with Gasteiger partial charge in [-0.25, -0.2) is 24.4 Å². The van der Waals surface area contributed by atoms with Crippen molar-refractivity contribution < 1.29 is 9.53 Å². The van der Waals surface area contributed by atoms with Gasteiger partial charge in [0.05, 0.1) is 31.2 Å². The number of benzene rings is 2. The average Bonchev–Trinajstić information content (AvgIpc) is 3.64. The highest BCUT2D eigenvalue weighted by atomic mass is 16.6. The van der Waals surface area contributed by atoms with Gasteiger partial charge in [-0.1, -0.05) is 65.9 Å². The van der Waals surface area contributed by atoms with E-state index in [-0.39, 0.29) is 18.2 Å². The van der Waals surface area contributed by atoms with Gasteiger partial charge in [-0.05, 0) is 31.9 Å². The van der Waals surface area contributed by atoms with Gasteiger partial charge in [-0.2, -0.15) is 0 Å². The van der Waals surface area contributed by atoms with Gasteiger partial charge in [-0.3, -0.25) is 4.90 Å². The van der Waals surface area contributed by atoms with Gasteiger partial charge in [0.2, 0.25) is 0 Å². The van der Waals surface area contributed by atoms with Gasteiger partial charge in [0.25, 0.3) is 0 Å². The maximum Gasteiger partial charge on any atom is 0.410 e. The summed E-state index contributed by atoms with van der Waals surface area (Å²) in [5.74, 6) is 0.342. The molecule has 3 aromatic heterocycles. The number of carbonyl (C=O) groups excluding carboxylic acids is 1. The molecule has 1 amide bonds. The molecule has 5 aromatic rings. The summed E-state index contributed by atoms with van der Waals surface area (Å²) in [5, 5.41) is 9.22. The van der Waals surface area contributed by atoms with Crippen LogP contribution in [0.25, 0.3) is 11.2 Å². The Bertz CT molecular complexity index is 1670. The van der Waals surface area contributed by atoms with Gasteiger partial charge < -0.3 is 19.9 Å². The molecule has 43 heavy (non-hydrogen) atoms. The van der Waals surface area contributed by atoms with Crippen molar-refractivity contribution in [2.24, 2.45) is 0 Å². The van der Waals surface area contributed by atoms with Gasteiger partial charge in [0.1, 0.15) is 23.1 Å². The molecule has 2 N–H and O–H groups in total. The summed E-state index contributed by atoms with van der Waals surface area (Å²) in [5.41, 5.74) is 9.69. The second kappa shape index (κ2) is 11.8. The minimum absolute atomic E-state index is 0.0689. The summed E-state index contributed by atoms with van der Waals surface area (Å²) in [7, 11) is 0. The number of piperazine rings is 1. The quantitative estimate of drug-likeness (QED) is 0.304. The van der Waals surface area contributed by atoms with E-state index in [1.165, 1.54) is 6.33 Å². The van der Waals surface area contributed by atoms with Crippen molar-refractivity contribution in [3.05, 3.63) is 96.3 Å². The van der Waals surface area contributed by atoms with Crippen LogP contribution in [0.4, 0.5) is 10.6 Å². The molecule has 2 atom stereocenters. The Morgan fingerprint density at radius 3 is 2.21 bits per heavy atom. The molecule has 0 spiro atoms. The first-order chi connectivity index (χ1) is 20.8. The number of hydrogen-bond donors (Lipinski definition) is 1. The number of carbonyl (C=O) groups is 1. The number of ether oxygens (including phenoxy) is 1. The fraction of sp³-hybridized carbons (Fsp3) is 0.355. The second-order valence-electron chi connectivity index (χ2n) is 11.7. The molecule has 0 unspecified atom stereocenters. The zero-order valence-corrected chi connectivity index (χ0v) is 24.6. The molecule has 1 aliphatic rings. The maximum absolute atomic E-state index is 12.8. The zero-order chi connectivity index (χ0) is 30.0. The standard InChI is InChI=1S/C31H36N10O2/c1-31(2,3)43-30(42)39-16-14-38(15-17-39)26(22-10-6-4-7-11-22)27(23-12-8-5-9-13-23)41-19-24(36-37-41)18-40-21-35-25-28(32)33-20-34-29(25)40/h4-13,19-21,26-27H,14-18H2,1-3H3,(H2,32,33,34)/t26-,27+/m0/s1. The zero-order valence-electron chi connectivity index (χ0n) is 24.6. The molecule has 0 radical (unpaired) electrons. The lowest BCUT2D eigenvalue weighted by Crippen LogP contribution is -2.52. The lowest BCUT2D eigenvalue weighted by atomic mass is 9.91. The lowest BCUT2D eigenvalue weighted by Gasteiger charge is -2.42. The van der Waals surface area contributed by atoms with E-state index in [0.29, 0.717) is 49.7 Å². The summed E-state index contributed by atoms with van der Waals surface area (Å²) in [6.45, 7) is 8.62. The molecule has 4 heterocycles. The summed E-state index contributed by atoms with van der Waals surface area (Å²) in [4.78, 5) is 29.8. The third-order valence-electron chi connectivity index (χ3n) is 7.55. The van der Waals surface area contributed by atoms with Crippen LogP contribution in [0.3, 0.4) is 0 Å². The van der Waals surface area contributed by atoms with Crippen LogP contribution in [-0.4, -0.2) is 82.2 Å². The fourth-order valence-electron chi connectivity index (χ4n) is 5.59. The van der Waals surface area contributed by atoms with E-state index in [1.54, 1.807) is 11.2 Å². The highest BCUT2D eigenvalue weighted by Gasteiger charge is 2.36. The Hall–Kier alpha value is -4.84. The van der Waals surface area contributed by atoms with Gasteiger partial charge in [0, 0.05) is 26.2 Å². The number of nitrogens with zero attached hydrogens (tertiary/aromatic N) is 9. The van der Waals surface area contributed by atoms with Crippen molar-refractivity contribution in [3.63, 3.8) is 0 Å². The Morgan fingerprint density at radius 2 is 1.56 bits per heavy atom. The molecule has 1 saturated heterocycles. The lowest BCUT2D eigenvalue weighted by molar-refractivity contribution is 0.00756. The Labute approximate surface area is 250 Å². The van der Waals surface area contributed by atoms with E-state index < -0.39 is 5.60 Å². The molecule has 12 heteroatoms. The Balaban J connectivity index is 1.32. The van der Waals surface area contributed by atoms with Crippen LogP contribution in [0, 0.1) is 0 Å². The molecule has 2 aromatic carbocycles. The number of hydrogen-bond acceptors (Lipinski definition) is 9. The van der Waals surface area contributed by atoms with E-state index in [0.717, 1.165) is 16.8 Å². The van der Waals surface area contributed by atoms with Crippen molar-refractivity contribution >= 4 is 23.1 Å². The molecule has 222 valence electrons. The molecular formula is C31H36N10O2. The monoisotopic (exact) mass is 580 g/mol. The first kappa shape index (κ1) is 28.3. The molecule has 12 nitrogen and oxygen atoms in total. The Morgan fingerprint density at radius 1 is 0.907 bits per heavy atom. The number of fused-ring (bicyclic) bond motifs is 1. The third kappa shape index (κ3) is 6.19. The summed E-state index contributed by atoms with van der Waals surface area (Å²) < 4.78 is 9.49. The van der Waals surface area contributed by atoms with Crippen LogP contribution >= 0.6 is 0 Å².